The zero-order valence-corrected chi connectivity index (χ0v) is 11.3. The van der Waals surface area contributed by atoms with Crippen LogP contribution in [0, 0.1) is 9.49 Å². The van der Waals surface area contributed by atoms with Crippen LogP contribution in [-0.2, 0) is 4.79 Å². The van der Waals surface area contributed by atoms with Gasteiger partial charge in [-0.2, -0.15) is 0 Å². The summed E-state index contributed by atoms with van der Waals surface area (Å²) >= 11 is 8.04. The van der Waals surface area contributed by atoms with Crippen molar-refractivity contribution in [3.05, 3.63) is 26.8 Å². The topological polar surface area (TPSA) is 49.3 Å². The van der Waals surface area contributed by atoms with Crippen molar-refractivity contribution in [2.45, 2.75) is 18.9 Å². The van der Waals surface area contributed by atoms with Gasteiger partial charge < -0.3 is 10.4 Å². The first-order valence-corrected chi connectivity index (χ1v) is 6.48. The molecule has 1 aliphatic carbocycles. The molecule has 1 aromatic rings. The third-order valence-electron chi connectivity index (χ3n) is 2.86. The lowest BCUT2D eigenvalue weighted by Gasteiger charge is -2.35. The number of halogens is 2. The molecule has 2 rings (SSSR count). The second kappa shape index (κ2) is 4.79. The van der Waals surface area contributed by atoms with Crippen molar-refractivity contribution in [3.63, 3.8) is 0 Å². The molecule has 1 saturated carbocycles. The molecule has 0 radical (unpaired) electrons. The van der Waals surface area contributed by atoms with Gasteiger partial charge >= 0.3 is 5.97 Å². The number of carboxylic acid groups (broad SMARTS) is 1. The molecular formula is C11H11ClINO2. The fourth-order valence-electron chi connectivity index (χ4n) is 1.77. The first-order valence-electron chi connectivity index (χ1n) is 5.02. The molecule has 0 heterocycles. The highest BCUT2D eigenvalue weighted by Gasteiger charge is 2.36. The van der Waals surface area contributed by atoms with Gasteiger partial charge in [0.05, 0.1) is 5.92 Å². The van der Waals surface area contributed by atoms with Gasteiger partial charge in [0.15, 0.2) is 0 Å². The lowest BCUT2D eigenvalue weighted by molar-refractivity contribution is -0.144. The number of carboxylic acids is 1. The minimum Gasteiger partial charge on any atom is -0.481 e. The Hall–Kier alpha value is -0.490. The fourth-order valence-corrected chi connectivity index (χ4v) is 2.80. The lowest BCUT2D eigenvalue weighted by atomic mass is 9.79. The summed E-state index contributed by atoms with van der Waals surface area (Å²) in [6.45, 7) is 0. The number of hydrogen-bond acceptors (Lipinski definition) is 2. The van der Waals surface area contributed by atoms with Crippen molar-refractivity contribution in [3.8, 4) is 0 Å². The predicted molar refractivity (Wildman–Crippen MR) is 71.9 cm³/mol. The summed E-state index contributed by atoms with van der Waals surface area (Å²) < 4.78 is 1.01. The molecule has 16 heavy (non-hydrogen) atoms. The van der Waals surface area contributed by atoms with E-state index in [9.17, 15) is 4.79 Å². The van der Waals surface area contributed by atoms with Gasteiger partial charge in [0.25, 0.3) is 0 Å². The van der Waals surface area contributed by atoms with Crippen LogP contribution in [0.25, 0.3) is 0 Å². The highest BCUT2D eigenvalue weighted by molar-refractivity contribution is 14.1. The van der Waals surface area contributed by atoms with Gasteiger partial charge in [0.1, 0.15) is 0 Å². The van der Waals surface area contributed by atoms with Gasteiger partial charge in [-0.3, -0.25) is 4.79 Å². The summed E-state index contributed by atoms with van der Waals surface area (Å²) in [4.78, 5) is 10.9. The molecule has 1 aliphatic rings. The molecule has 0 aliphatic heterocycles. The summed E-state index contributed by atoms with van der Waals surface area (Å²) in [7, 11) is 0. The molecular weight excluding hydrogens is 340 g/mol. The van der Waals surface area contributed by atoms with Crippen molar-refractivity contribution >= 4 is 45.8 Å². The SMILES string of the molecule is O=C(O)C1CCC1Nc1ccc(Cl)cc1I. The third kappa shape index (κ3) is 2.43. The minimum absolute atomic E-state index is 0.0483. The van der Waals surface area contributed by atoms with Gasteiger partial charge in [-0.1, -0.05) is 11.6 Å². The van der Waals surface area contributed by atoms with Crippen molar-refractivity contribution in [1.82, 2.24) is 0 Å². The fraction of sp³-hybridized carbons (Fsp3) is 0.364. The van der Waals surface area contributed by atoms with E-state index in [4.69, 9.17) is 16.7 Å². The third-order valence-corrected chi connectivity index (χ3v) is 3.99. The Labute approximate surface area is 112 Å². The summed E-state index contributed by atoms with van der Waals surface area (Å²) in [6.07, 6.45) is 1.67. The lowest BCUT2D eigenvalue weighted by Crippen LogP contribution is -2.43. The average Bonchev–Trinajstić information content (AvgIpc) is 2.13. The van der Waals surface area contributed by atoms with Crippen LogP contribution in [0.15, 0.2) is 18.2 Å². The summed E-state index contributed by atoms with van der Waals surface area (Å²) in [6, 6.07) is 5.60. The Morgan fingerprint density at radius 3 is 2.75 bits per heavy atom. The number of carbonyl (C=O) groups is 1. The minimum atomic E-state index is -0.715. The van der Waals surface area contributed by atoms with E-state index in [2.05, 4.69) is 27.9 Å². The van der Waals surface area contributed by atoms with Crippen LogP contribution in [-0.4, -0.2) is 17.1 Å². The smallest absolute Gasteiger partial charge is 0.308 e. The zero-order chi connectivity index (χ0) is 11.7. The molecule has 2 unspecified atom stereocenters. The molecule has 1 aromatic carbocycles. The zero-order valence-electron chi connectivity index (χ0n) is 8.41. The van der Waals surface area contributed by atoms with Crippen molar-refractivity contribution in [2.75, 3.05) is 5.32 Å². The van der Waals surface area contributed by atoms with E-state index in [0.717, 1.165) is 22.1 Å². The highest BCUT2D eigenvalue weighted by Crippen LogP contribution is 2.32. The van der Waals surface area contributed by atoms with Gasteiger partial charge in [-0.05, 0) is 53.6 Å². The van der Waals surface area contributed by atoms with Crippen molar-refractivity contribution in [2.24, 2.45) is 5.92 Å². The van der Waals surface area contributed by atoms with Crippen LogP contribution in [0.1, 0.15) is 12.8 Å². The normalized spacial score (nSPS) is 23.6. The Bertz CT molecular complexity index is 424. The first kappa shape index (κ1) is 12.0. The molecule has 3 nitrogen and oxygen atoms in total. The van der Waals surface area contributed by atoms with E-state index in [1.54, 1.807) is 6.07 Å². The number of nitrogens with one attached hydrogen (secondary N) is 1. The van der Waals surface area contributed by atoms with E-state index in [1.165, 1.54) is 0 Å². The number of benzene rings is 1. The Morgan fingerprint density at radius 1 is 1.50 bits per heavy atom. The van der Waals surface area contributed by atoms with Crippen LogP contribution in [0.4, 0.5) is 5.69 Å². The molecule has 0 spiro atoms. The molecule has 2 atom stereocenters. The number of rotatable bonds is 3. The molecule has 5 heteroatoms. The second-order valence-electron chi connectivity index (χ2n) is 3.90. The van der Waals surface area contributed by atoms with Gasteiger partial charge in [0.2, 0.25) is 0 Å². The predicted octanol–water partition coefficient (Wildman–Crippen LogP) is 3.22. The number of anilines is 1. The van der Waals surface area contributed by atoms with Crippen LogP contribution >= 0.6 is 34.2 Å². The quantitative estimate of drug-likeness (QED) is 0.822. The van der Waals surface area contributed by atoms with Gasteiger partial charge in [0, 0.05) is 20.3 Å². The van der Waals surface area contributed by atoms with Crippen LogP contribution < -0.4 is 5.32 Å². The Balaban J connectivity index is 2.07. The molecule has 1 fully saturated rings. The van der Waals surface area contributed by atoms with Crippen molar-refractivity contribution in [1.29, 1.82) is 0 Å². The van der Waals surface area contributed by atoms with Gasteiger partial charge in [-0.15, -0.1) is 0 Å². The molecule has 0 amide bonds. The van der Waals surface area contributed by atoms with E-state index in [1.807, 2.05) is 12.1 Å². The van der Waals surface area contributed by atoms with E-state index in [-0.39, 0.29) is 12.0 Å². The van der Waals surface area contributed by atoms with Crippen molar-refractivity contribution < 1.29 is 9.90 Å². The summed E-state index contributed by atoms with van der Waals surface area (Å²) in [5, 5.41) is 12.9. The molecule has 0 bridgehead atoms. The maximum absolute atomic E-state index is 10.9. The Kier molecular flexibility index (Phi) is 3.59. The highest BCUT2D eigenvalue weighted by atomic mass is 127. The standard InChI is InChI=1S/C11H11ClINO2/c12-6-1-3-10(8(13)5-6)14-9-4-2-7(9)11(15)16/h1,3,5,7,9,14H,2,4H2,(H,15,16). The first-order chi connectivity index (χ1) is 7.58. The number of aliphatic carboxylic acids is 1. The monoisotopic (exact) mass is 351 g/mol. The number of hydrogen-bond donors (Lipinski definition) is 2. The molecule has 0 aromatic heterocycles. The summed E-state index contributed by atoms with van der Waals surface area (Å²) in [5.74, 6) is -0.973. The largest absolute Gasteiger partial charge is 0.481 e. The van der Waals surface area contributed by atoms with Gasteiger partial charge in [-0.25, -0.2) is 0 Å². The Morgan fingerprint density at radius 2 is 2.25 bits per heavy atom. The molecule has 86 valence electrons. The van der Waals surface area contributed by atoms with Crippen LogP contribution in [0.2, 0.25) is 5.02 Å². The average molecular weight is 352 g/mol. The summed E-state index contributed by atoms with van der Waals surface area (Å²) in [5.41, 5.74) is 0.959. The van der Waals surface area contributed by atoms with E-state index in [0.29, 0.717) is 5.02 Å². The van der Waals surface area contributed by atoms with Crippen LogP contribution in [0.3, 0.4) is 0 Å². The van der Waals surface area contributed by atoms with E-state index < -0.39 is 5.97 Å². The van der Waals surface area contributed by atoms with E-state index >= 15 is 0 Å². The second-order valence-corrected chi connectivity index (χ2v) is 5.50. The molecule has 0 saturated heterocycles. The van der Waals surface area contributed by atoms with Crippen LogP contribution in [0.5, 0.6) is 0 Å². The molecule has 2 N–H and O–H groups in total. The maximum atomic E-state index is 10.9. The maximum Gasteiger partial charge on any atom is 0.308 e.